The second-order valence-corrected chi connectivity index (χ2v) is 26.1. The Hall–Kier alpha value is -15.3. The Balaban J connectivity index is 0.000000197. The third-order valence-corrected chi connectivity index (χ3v) is 17.4. The van der Waals surface area contributed by atoms with Crippen LogP contribution in [0.25, 0.3) is 62.9 Å². The van der Waals surface area contributed by atoms with Crippen LogP contribution < -0.4 is 14.2 Å². The minimum atomic E-state index is 0.0556. The van der Waals surface area contributed by atoms with Crippen molar-refractivity contribution in [1.29, 1.82) is 26.3 Å². The number of benzene rings is 11. The highest BCUT2D eigenvalue weighted by molar-refractivity contribution is 5.93. The van der Waals surface area contributed by atoms with Gasteiger partial charge in [0.15, 0.2) is 0 Å². The van der Waals surface area contributed by atoms with Crippen LogP contribution in [0.15, 0.2) is 314 Å². The second-order valence-electron chi connectivity index (χ2n) is 26.1. The summed E-state index contributed by atoms with van der Waals surface area (Å²) in [5.41, 5.74) is 14.8. The lowest BCUT2D eigenvalue weighted by atomic mass is 9.94. The van der Waals surface area contributed by atoms with E-state index in [4.69, 9.17) is 52.3 Å². The molecule has 13 heteroatoms. The monoisotopic (exact) mass is 1470 g/mol. The Labute approximate surface area is 666 Å². The van der Waals surface area contributed by atoms with Crippen molar-refractivity contribution < 1.29 is 14.2 Å². The van der Waals surface area contributed by atoms with Crippen LogP contribution in [0, 0.1) is 109 Å². The molecule has 0 aliphatic heterocycles. The molecule has 0 saturated carbocycles. The molecule has 0 saturated heterocycles. The lowest BCUT2D eigenvalue weighted by Crippen LogP contribution is -2.11. The van der Waals surface area contributed by atoms with E-state index in [0.717, 1.165) is 108 Å². The molecule has 0 radical (unpaired) electrons. The maximum absolute atomic E-state index is 9.40. The number of aryl methyl sites for hydroxylation is 2. The molecule has 0 aromatic heterocycles. The van der Waals surface area contributed by atoms with Crippen LogP contribution in [0.2, 0.25) is 0 Å². The number of hydrogen-bond donors (Lipinski definition) is 0. The van der Waals surface area contributed by atoms with Crippen LogP contribution >= 0.6 is 0 Å². The predicted molar refractivity (Wildman–Crippen MR) is 453 cm³/mol. The van der Waals surface area contributed by atoms with Crippen molar-refractivity contribution in [3.8, 4) is 47.6 Å². The fourth-order valence-corrected chi connectivity index (χ4v) is 11.9. The lowest BCUT2D eigenvalue weighted by Gasteiger charge is -2.16. The SMILES string of the molecule is [C-]#[N+]/C(C#N)=C(\c1ccccc1)c1ccc(OCC(CC)CCCC)cc1.[C-]#[N+]/C(C#N)=C(\c1ccccc1)c1ccc2ccccc2c1.[C-]#[N+]C(C#N)=C(c1ccc(C)cc1)c1ccc(C)cc1.[C-]#[N+]C(C#N)=C(c1ccc(OC(C)C)cc1)c1ccc(OC(C)C)cc1.[C-]#[N+]C(C#N)=C(c1ccccc1)c1ccccc1. The molecule has 0 amide bonds. The highest BCUT2D eigenvalue weighted by Crippen LogP contribution is 2.35. The van der Waals surface area contributed by atoms with Gasteiger partial charge in [0.1, 0.15) is 17.2 Å². The van der Waals surface area contributed by atoms with Crippen LogP contribution in [0.1, 0.15) is 134 Å². The smallest absolute Gasteiger partial charge is 0.270 e. The molecule has 1 atom stereocenters. The summed E-state index contributed by atoms with van der Waals surface area (Å²) in [5, 5.41) is 48.6. The van der Waals surface area contributed by atoms with Crippen LogP contribution in [-0.4, -0.2) is 18.8 Å². The van der Waals surface area contributed by atoms with Gasteiger partial charge in [0.2, 0.25) is 0 Å². The number of fused-ring (bicyclic) bond motifs is 1. The molecule has 11 rings (SSSR count). The third-order valence-electron chi connectivity index (χ3n) is 17.4. The first-order valence-electron chi connectivity index (χ1n) is 36.7. The van der Waals surface area contributed by atoms with Crippen molar-refractivity contribution in [3.05, 3.63) is 437 Å². The van der Waals surface area contributed by atoms with E-state index < -0.39 is 0 Å². The first kappa shape index (κ1) is 84.9. The normalized spacial score (nSPS) is 10.6. The summed E-state index contributed by atoms with van der Waals surface area (Å²) in [4.78, 5) is 16.9. The molecule has 0 bridgehead atoms. The highest BCUT2D eigenvalue weighted by Gasteiger charge is 2.18. The Morgan fingerprint density at radius 1 is 0.319 bits per heavy atom. The van der Waals surface area contributed by atoms with Crippen LogP contribution in [0.5, 0.6) is 17.2 Å². The molecule has 13 nitrogen and oxygen atoms in total. The molecule has 11 aromatic rings. The summed E-state index contributed by atoms with van der Waals surface area (Å²) in [6, 6.07) is 101. The van der Waals surface area contributed by atoms with Gasteiger partial charge in [0.05, 0.1) is 82.0 Å². The highest BCUT2D eigenvalue weighted by atomic mass is 16.5. The van der Waals surface area contributed by atoms with Gasteiger partial charge in [0, 0.05) is 27.9 Å². The van der Waals surface area contributed by atoms with Gasteiger partial charge in [0.25, 0.3) is 28.5 Å². The van der Waals surface area contributed by atoms with Gasteiger partial charge in [-0.2, -0.15) is 0 Å². The molecule has 11 aromatic carbocycles. The molecule has 0 spiro atoms. The lowest BCUT2D eigenvalue weighted by molar-refractivity contribution is 0.233. The quantitative estimate of drug-likeness (QED) is 0.0506. The van der Waals surface area contributed by atoms with Gasteiger partial charge >= 0.3 is 0 Å². The second kappa shape index (κ2) is 45.4. The zero-order chi connectivity index (χ0) is 81.3. The number of nitrogens with zero attached hydrogens (tertiary/aromatic N) is 10. The van der Waals surface area contributed by atoms with E-state index in [1.165, 1.54) is 19.3 Å². The van der Waals surface area contributed by atoms with Crippen LogP contribution in [0.4, 0.5) is 0 Å². The van der Waals surface area contributed by atoms with Gasteiger partial charge in [-0.3, -0.25) is 0 Å². The van der Waals surface area contributed by atoms with Gasteiger partial charge in [-0.25, -0.2) is 50.5 Å². The van der Waals surface area contributed by atoms with E-state index in [9.17, 15) is 21.0 Å². The molecule has 0 aliphatic carbocycles. The Morgan fingerprint density at radius 3 is 0.850 bits per heavy atom. The zero-order valence-electron chi connectivity index (χ0n) is 64.6. The van der Waals surface area contributed by atoms with Crippen LogP contribution in [-0.2, 0) is 0 Å². The molecule has 0 aliphatic rings. The molecule has 552 valence electrons. The number of hydrogen-bond acceptors (Lipinski definition) is 8. The predicted octanol–water partition coefficient (Wildman–Crippen LogP) is 25.4. The number of nitriles is 5. The summed E-state index contributed by atoms with van der Waals surface area (Å²) >= 11 is 0. The Bertz CT molecular complexity index is 5390. The van der Waals surface area contributed by atoms with E-state index in [1.54, 1.807) is 0 Å². The summed E-state index contributed by atoms with van der Waals surface area (Å²) in [6.07, 6.45) is 4.93. The molecular formula is C100H84N10O3. The molecular weight excluding hydrogens is 1390 g/mol. The molecule has 113 heavy (non-hydrogen) atoms. The minimum Gasteiger partial charge on any atom is -0.493 e. The van der Waals surface area contributed by atoms with Gasteiger partial charge in [-0.1, -0.05) is 287 Å². The summed E-state index contributed by atoms with van der Waals surface area (Å²) < 4.78 is 17.3. The van der Waals surface area contributed by atoms with E-state index in [2.05, 4.69) is 38.1 Å². The standard InChI is InChI=1S/C24H26N2O.C22H22N2O2.C20H12N2.C18H14N2.C16H10N2/c1-4-6-10-19(5-2)18-27-22-15-13-21(14-16-22)24(23(17-25)26-3)20-11-8-7-9-12-20;1-15(2)25-19-10-6-17(7-11-19)22(21(14-23)24-5)18-8-12-20(13-9-18)26-16(3)4;1-22-19(14-21)20(16-8-3-2-4-9-16)18-12-11-15-7-5-6-10-17(15)13-18;1-13-4-8-15(9-5-13)18(17(12-19)20-3)16-10-6-14(2)7-11-16;1-18-15(12-17)16(13-8-4-2-5-9-13)14-10-6-3-7-11-14/h7-9,11-16,19H,4-6,10,18H2,1-2H3;6-13,15-16H,1-4H3;2-13H;4-11H,1-2H3;2-11H/b24-23+;;20-19+;;. The molecule has 0 fully saturated rings. The summed E-state index contributed by atoms with van der Waals surface area (Å²) in [7, 11) is 0. The Kier molecular flexibility index (Phi) is 34.1. The first-order chi connectivity index (χ1) is 55.0. The molecule has 0 N–H and O–H groups in total. The van der Waals surface area contributed by atoms with E-state index >= 15 is 0 Å². The minimum absolute atomic E-state index is 0.0556. The zero-order valence-corrected chi connectivity index (χ0v) is 64.6. The molecule has 1 unspecified atom stereocenters. The van der Waals surface area contributed by atoms with Crippen molar-refractivity contribution in [2.75, 3.05) is 6.61 Å². The maximum atomic E-state index is 9.40. The van der Waals surface area contributed by atoms with Gasteiger partial charge in [-0.05, 0) is 163 Å². The number of ether oxygens (including phenoxy) is 3. The topological polar surface area (TPSA) is 168 Å². The van der Waals surface area contributed by atoms with Crippen molar-refractivity contribution in [2.45, 2.75) is 93.3 Å². The van der Waals surface area contributed by atoms with E-state index in [0.29, 0.717) is 33.8 Å². The third kappa shape index (κ3) is 25.1. The fraction of sp³-hybridized carbons (Fsp3) is 0.160. The van der Waals surface area contributed by atoms with Crippen molar-refractivity contribution in [3.63, 3.8) is 0 Å². The average molecular weight is 1470 g/mol. The van der Waals surface area contributed by atoms with E-state index in [-0.39, 0.29) is 40.7 Å². The van der Waals surface area contributed by atoms with Crippen LogP contribution in [0.3, 0.4) is 0 Å². The largest absolute Gasteiger partial charge is 0.493 e. The summed E-state index contributed by atoms with van der Waals surface area (Å²) in [5.74, 6) is 2.91. The number of unbranched alkanes of at least 4 members (excludes halogenated alkanes) is 1. The van der Waals surface area contributed by atoms with Gasteiger partial charge in [-0.15, -0.1) is 0 Å². The maximum Gasteiger partial charge on any atom is 0.270 e. The summed E-state index contributed by atoms with van der Waals surface area (Å²) in [6.45, 7) is 53.4. The fourth-order valence-electron chi connectivity index (χ4n) is 11.9. The first-order valence-corrected chi connectivity index (χ1v) is 36.7. The van der Waals surface area contributed by atoms with Gasteiger partial charge < -0.3 is 14.2 Å². The average Bonchev–Trinajstić information content (AvgIpc) is 0.810. The number of allylic oxidation sites excluding steroid dienone is 5. The van der Waals surface area contributed by atoms with E-state index in [1.807, 2.05) is 357 Å². The van der Waals surface area contributed by atoms with Crippen molar-refractivity contribution in [2.24, 2.45) is 5.92 Å². The number of rotatable bonds is 21. The van der Waals surface area contributed by atoms with Crippen molar-refractivity contribution in [1.82, 2.24) is 0 Å². The Morgan fingerprint density at radius 2 is 0.575 bits per heavy atom. The molecule has 0 heterocycles. The van der Waals surface area contributed by atoms with Crippen molar-refractivity contribution >= 4 is 38.6 Å².